The van der Waals surface area contributed by atoms with Crippen LogP contribution in [-0.2, 0) is 126 Å². The molecule has 9 rings (SSSR count). The number of rotatable bonds is 39. The van der Waals surface area contributed by atoms with Crippen LogP contribution in [0.5, 0.6) is 0 Å². The largest absolute Gasteiger partial charge is 0.481 e. The van der Waals surface area contributed by atoms with Gasteiger partial charge in [0.25, 0.3) is 0 Å². The van der Waals surface area contributed by atoms with Gasteiger partial charge >= 0.3 is 18.0 Å². The maximum Gasteiger partial charge on any atom is 0.317 e. The fraction of sp³-hybridized carbons (Fsp3) is 0.525. The minimum atomic E-state index is -2.03. The number of carbonyl (C=O) groups is 20. The third-order valence-corrected chi connectivity index (χ3v) is 27.9. The zero-order chi connectivity index (χ0) is 109. The van der Waals surface area contributed by atoms with Gasteiger partial charge in [-0.2, -0.15) is 0 Å². The van der Waals surface area contributed by atoms with E-state index < -0.39 is 266 Å². The topological polar surface area (TPSA) is 738 Å². The van der Waals surface area contributed by atoms with Crippen LogP contribution in [0.1, 0.15) is 155 Å². The van der Waals surface area contributed by atoms with Crippen molar-refractivity contribution in [1.82, 2.24) is 97.5 Å². The highest BCUT2D eigenvalue weighted by Crippen LogP contribution is 2.32. The van der Waals surface area contributed by atoms with Gasteiger partial charge in [0.2, 0.25) is 100 Å². The summed E-state index contributed by atoms with van der Waals surface area (Å²) in [5.74, 6) is -21.6. The molecule has 5 heterocycles. The van der Waals surface area contributed by atoms with E-state index in [0.717, 1.165) is 35.5 Å². The minimum absolute atomic E-state index is 0.00759. The van der Waals surface area contributed by atoms with E-state index in [1.165, 1.54) is 54.7 Å². The average molecular weight is 2110 g/mol. The maximum absolute atomic E-state index is 16.1. The number of carbonyl (C=O) groups excluding carboxylic acids is 18. The number of aliphatic carboxylic acids is 2. The van der Waals surface area contributed by atoms with Crippen molar-refractivity contribution < 1.29 is 111 Å². The number of aliphatic hydroxyl groups is 1. The summed E-state index contributed by atoms with van der Waals surface area (Å²) in [5.41, 5.74) is 37.0. The van der Waals surface area contributed by atoms with Crippen molar-refractivity contribution in [3.63, 3.8) is 0 Å². The number of pyridine rings is 1. The number of thioether (sulfide) groups is 1. The first-order valence-electron chi connectivity index (χ1n) is 49.5. The molecule has 0 bridgehead atoms. The normalized spacial score (nSPS) is 22.3. The molecule has 3 aromatic carbocycles. The number of hydrogen-bond acceptors (Lipinski definition) is 26. The molecular weight excluding hydrogens is 1970 g/mol. The number of nitrogens with zero attached hydrogens (tertiary/aromatic N) is 7. The van der Waals surface area contributed by atoms with E-state index in [9.17, 15) is 58.5 Å². The highest BCUT2D eigenvalue weighted by Gasteiger charge is 2.44. The van der Waals surface area contributed by atoms with Crippen molar-refractivity contribution in [2.24, 2.45) is 54.4 Å². The van der Waals surface area contributed by atoms with E-state index in [1.807, 2.05) is 0 Å². The van der Waals surface area contributed by atoms with Crippen LogP contribution in [0, 0.1) is 5.92 Å². The zero-order valence-corrected chi connectivity index (χ0v) is 85.6. The van der Waals surface area contributed by atoms with Crippen molar-refractivity contribution in [3.05, 3.63) is 136 Å². The average Bonchev–Trinajstić information content (AvgIpc) is 1.64. The van der Waals surface area contributed by atoms with Crippen LogP contribution < -0.4 is 98.2 Å². The number of aromatic nitrogens is 3. The van der Waals surface area contributed by atoms with Crippen LogP contribution in [0.25, 0.3) is 21.8 Å². The maximum atomic E-state index is 16.1. The molecule has 19 amide bonds. The van der Waals surface area contributed by atoms with Gasteiger partial charge in [-0.1, -0.05) is 73.0 Å². The number of benzene rings is 3. The molecule has 27 N–H and O–H groups in total. The molecule has 14 atom stereocenters. The van der Waals surface area contributed by atoms with E-state index in [0.29, 0.717) is 57.8 Å². The second-order valence-electron chi connectivity index (χ2n) is 37.8. The fourth-order valence-electron chi connectivity index (χ4n) is 18.1. The fourth-order valence-corrected chi connectivity index (χ4v) is 19.3. The summed E-state index contributed by atoms with van der Waals surface area (Å²) < 4.78 is 3.37. The van der Waals surface area contributed by atoms with Gasteiger partial charge in [-0.15, -0.1) is 11.8 Å². The van der Waals surface area contributed by atoms with Crippen LogP contribution in [0.3, 0.4) is 0 Å². The van der Waals surface area contributed by atoms with Crippen LogP contribution in [0.4, 0.5) is 4.79 Å². The number of primary amides is 5. The van der Waals surface area contributed by atoms with E-state index in [1.54, 1.807) is 89.1 Å². The predicted octanol–water partition coefficient (Wildman–Crippen LogP) is -3.28. The lowest BCUT2D eigenvalue weighted by molar-refractivity contribution is -0.145. The Hall–Kier alpha value is -14.4. The van der Waals surface area contributed by atoms with E-state index in [2.05, 4.69) is 68.8 Å². The number of hydrogen-bond donors (Lipinski definition) is 21. The number of likely N-dealkylation sites (N-methyl/N-ethyl adjacent to an activating group) is 2. The number of urea groups is 1. The summed E-state index contributed by atoms with van der Waals surface area (Å²) in [6.45, 7) is 1.68. The lowest BCUT2D eigenvalue weighted by atomic mass is 9.79. The number of aliphatic hydroxyl groups excluding tert-OH is 1. The second-order valence-corrected chi connectivity index (χ2v) is 39.3. The number of unbranched alkanes of at least 4 members (excludes halogenated alkanes) is 2. The number of carboxylic acid groups (broad SMARTS) is 2. The molecule has 50 heteroatoms. The standard InChI is InChI=1S/C99H138ClN25O23S/c1-55(126)83-95(144)113-68(28-15-31-77(102)127)88(137)110-62(49-109-66(87(106)136)26-8-10-35-101)53-149-54-80(130)111-73(43-56-18-12-22-59(42-56)86(105)135)98(147)123(5)76(44-57-19-17-36-107-48-57)94(143)117-72(47-79(104)129)92(141)119-84(58-20-13-21-58)96(145)114-69(29-16-32-78(103)128)97(146)122(4)75(33-34-81(131)132)93(142)116-70(46-61-51-121(3)85-64(61)24-14-25-65(85)100)90(139)112-67(27-9-11-37-108-99(148)125-40-38-124(39-41-125)52-82(133)134)89(138)115-71(91(140)118-83)45-60-50-120(2)74-30-7-6-23-63(60)74/h6-7,12,14,17-19,22-25,30,36,42,48,50-51,55,58,62,66-73,75-76,83-84,109,126H,8-11,13,15-16,20-21,26-29,31-35,37-41,43-47,49,52-54,101H2,1-5H3,(H2,102,127)(H2,103,128)(H2,104,129)(H2,105,135)(H2,106,136)(H,108,148)(H,110,137)(H,111,130)(H,112,139)(H,113,144)(H,114,145)(H,115,138)(H,116,142)(H,117,143)(H,118,140)(H,119,141)(H,131,132)(H,133,134)/t55-,62?,66-,67+,68+,69+,70+,71+,72+,73-,75+,76+,83+,84+/m1/s1. The summed E-state index contributed by atoms with van der Waals surface area (Å²) in [6, 6.07) is -1.77. The molecule has 0 spiro atoms. The molecule has 48 nitrogen and oxygen atoms in total. The number of nitrogens with two attached hydrogens (primary N) is 6. The molecule has 1 saturated carbocycles. The summed E-state index contributed by atoms with van der Waals surface area (Å²) in [5, 5.41) is 65.6. The Morgan fingerprint density at radius 2 is 1.10 bits per heavy atom. The number of halogens is 1. The third kappa shape index (κ3) is 36.0. The van der Waals surface area contributed by atoms with Gasteiger partial charge in [0.15, 0.2) is 0 Å². The van der Waals surface area contributed by atoms with Gasteiger partial charge in [-0.25, -0.2) is 4.79 Å². The Balaban J connectivity index is 1.18. The monoisotopic (exact) mass is 2110 g/mol. The molecule has 2 saturated heterocycles. The van der Waals surface area contributed by atoms with Gasteiger partial charge < -0.3 is 137 Å². The first-order chi connectivity index (χ1) is 70.9. The lowest BCUT2D eigenvalue weighted by Gasteiger charge is -2.36. The van der Waals surface area contributed by atoms with Crippen molar-refractivity contribution in [2.45, 2.75) is 233 Å². The van der Waals surface area contributed by atoms with Crippen molar-refractivity contribution in [3.8, 4) is 0 Å². The Morgan fingerprint density at radius 3 is 1.72 bits per heavy atom. The molecule has 1 aliphatic carbocycles. The van der Waals surface area contributed by atoms with E-state index in [4.69, 9.17) is 46.0 Å². The van der Waals surface area contributed by atoms with Crippen molar-refractivity contribution >= 4 is 164 Å². The summed E-state index contributed by atoms with van der Waals surface area (Å²) in [7, 11) is 5.66. The van der Waals surface area contributed by atoms with E-state index >= 15 is 52.7 Å². The minimum Gasteiger partial charge on any atom is -0.481 e. The highest BCUT2D eigenvalue weighted by molar-refractivity contribution is 8.00. The number of piperazine rings is 1. The number of aryl methyl sites for hydroxylation is 2. The molecular formula is C99H138ClN25O23S. The van der Waals surface area contributed by atoms with Gasteiger partial charge in [0, 0.05) is 165 Å². The molecule has 149 heavy (non-hydrogen) atoms. The Morgan fingerprint density at radius 1 is 0.530 bits per heavy atom. The molecule has 2 aliphatic heterocycles. The quantitative estimate of drug-likeness (QED) is 0.0168. The molecule has 1 unspecified atom stereocenters. The summed E-state index contributed by atoms with van der Waals surface area (Å²) in [4.78, 5) is 297. The molecule has 3 aliphatic rings. The first kappa shape index (κ1) is 118. The van der Waals surface area contributed by atoms with Crippen molar-refractivity contribution in [1.29, 1.82) is 0 Å². The summed E-state index contributed by atoms with van der Waals surface area (Å²) >= 11 is 7.70. The van der Waals surface area contributed by atoms with Crippen LogP contribution in [0.15, 0.2) is 104 Å². The lowest BCUT2D eigenvalue weighted by Crippen LogP contribution is -2.62. The van der Waals surface area contributed by atoms with Gasteiger partial charge in [-0.3, -0.25) is 101 Å². The molecule has 6 aromatic rings. The van der Waals surface area contributed by atoms with E-state index in [-0.39, 0.29) is 145 Å². The number of para-hydroxylation sites is 2. The second kappa shape index (κ2) is 57.8. The predicted molar refractivity (Wildman–Crippen MR) is 547 cm³/mol. The SMILES string of the molecule is C[C@@H](O)[C@@H]1NC(=O)[C@H](Cc2cn(C)c3ccccc23)NC(=O)[C@H](CCCCNC(=O)N2CCN(CC(=O)O)CC2)NC(=O)[C@H](Cc2cn(C)c3c(Cl)cccc23)NC(=O)[C@H](CCC(=O)O)N(C)C(=O)[C@H](CCCC(N)=O)NC(=O)[C@H](C2CCC2)NC(=O)[C@H](CC(N)=O)NC(=O)[C@H](Cc2cccnc2)N(C)C(=O)[C@@H](Cc2cccc(C(N)=O)c2)NC(=O)CSCC(CN[C@H](CCCCN)C(N)=O)NC(=O)[C@H](CCCC(N)=O)NC1=O. The Bertz CT molecular complexity index is 5780. The summed E-state index contributed by atoms with van der Waals surface area (Å²) in [6.07, 6.45) is -0.0838. The van der Waals surface area contributed by atoms with Crippen LogP contribution >= 0.6 is 23.4 Å². The Labute approximate surface area is 869 Å². The first-order valence-corrected chi connectivity index (χ1v) is 51.0. The van der Waals surface area contributed by atoms with Gasteiger partial charge in [0.05, 0.1) is 47.4 Å². The van der Waals surface area contributed by atoms with Crippen LogP contribution in [-0.4, -0.2) is 330 Å². The molecule has 3 aromatic heterocycles. The van der Waals surface area contributed by atoms with Gasteiger partial charge in [0.1, 0.15) is 66.5 Å². The zero-order valence-electron chi connectivity index (χ0n) is 84.0. The molecule has 3 fully saturated rings. The molecule has 810 valence electrons. The van der Waals surface area contributed by atoms with Crippen LogP contribution in [0.2, 0.25) is 5.02 Å². The number of carboxylic acids is 2. The van der Waals surface area contributed by atoms with Gasteiger partial charge in [-0.05, 0) is 149 Å². The highest BCUT2D eigenvalue weighted by atomic mass is 35.5. The molecule has 0 radical (unpaired) electrons. The number of nitrogens with one attached hydrogen (secondary N) is 12. The van der Waals surface area contributed by atoms with Crippen molar-refractivity contribution in [2.75, 3.05) is 78.0 Å². The number of fused-ring (bicyclic) bond motifs is 2. The number of amides is 19. The third-order valence-electron chi connectivity index (χ3n) is 26.5. The smallest absolute Gasteiger partial charge is 0.317 e. The Kier molecular flexibility index (Phi) is 45.8.